The van der Waals surface area contributed by atoms with Gasteiger partial charge >= 0.3 is 0 Å². The van der Waals surface area contributed by atoms with Gasteiger partial charge < -0.3 is 9.64 Å². The van der Waals surface area contributed by atoms with Crippen molar-refractivity contribution in [3.63, 3.8) is 0 Å². The van der Waals surface area contributed by atoms with E-state index in [-0.39, 0.29) is 11.5 Å². The van der Waals surface area contributed by atoms with Crippen LogP contribution in [0.5, 0.6) is 0 Å². The van der Waals surface area contributed by atoms with Gasteiger partial charge in [-0.05, 0) is 53.3 Å². The molecule has 2 aliphatic rings. The number of nitrogens with zero attached hydrogens (tertiary/aromatic N) is 3. The van der Waals surface area contributed by atoms with Crippen LogP contribution in [-0.2, 0) is 28.3 Å². The highest BCUT2D eigenvalue weighted by molar-refractivity contribution is 5.74. The van der Waals surface area contributed by atoms with Gasteiger partial charge in [-0.15, -0.1) is 0 Å². The normalized spacial score (nSPS) is 17.8. The van der Waals surface area contributed by atoms with Crippen molar-refractivity contribution in [1.82, 2.24) is 14.8 Å². The van der Waals surface area contributed by atoms with E-state index in [1.54, 1.807) is 11.9 Å². The van der Waals surface area contributed by atoms with E-state index in [4.69, 9.17) is 4.74 Å². The quantitative estimate of drug-likeness (QED) is 0.522. The summed E-state index contributed by atoms with van der Waals surface area (Å²) in [5.41, 5.74) is 4.81. The number of carbonyl (C=O) groups is 1. The summed E-state index contributed by atoms with van der Waals surface area (Å²) < 4.78 is 33.7. The van der Waals surface area contributed by atoms with E-state index >= 15 is 0 Å². The minimum Gasteiger partial charge on any atom is -0.365 e. The summed E-state index contributed by atoms with van der Waals surface area (Å²) >= 11 is 0. The van der Waals surface area contributed by atoms with Crippen LogP contribution in [0, 0.1) is 11.6 Å². The second kappa shape index (κ2) is 9.47. The molecule has 1 spiro atoms. The number of aromatic nitrogens is 1. The van der Waals surface area contributed by atoms with Crippen molar-refractivity contribution in [3.8, 4) is 0 Å². The number of benzene rings is 2. The van der Waals surface area contributed by atoms with Crippen LogP contribution in [0.1, 0.15) is 53.6 Å². The first-order chi connectivity index (χ1) is 16.9. The summed E-state index contributed by atoms with van der Waals surface area (Å²) in [5, 5.41) is 0. The molecule has 1 aromatic heterocycles. The third-order valence-electron chi connectivity index (χ3n) is 7.41. The maximum absolute atomic E-state index is 13.9. The van der Waals surface area contributed by atoms with Crippen molar-refractivity contribution in [3.05, 3.63) is 100 Å². The first-order valence-corrected chi connectivity index (χ1v) is 11.9. The lowest BCUT2D eigenvalue weighted by atomic mass is 9.84. The fourth-order valence-electron chi connectivity index (χ4n) is 5.31. The maximum atomic E-state index is 13.9. The Morgan fingerprint density at radius 2 is 1.80 bits per heavy atom. The summed E-state index contributed by atoms with van der Waals surface area (Å²) in [6.07, 6.45) is 5.65. The molecule has 0 N–H and O–H groups in total. The average molecular weight is 478 g/mol. The van der Waals surface area contributed by atoms with Crippen LogP contribution in [0.3, 0.4) is 0 Å². The highest BCUT2D eigenvalue weighted by atomic mass is 19.2. The number of likely N-dealkylation sites (tertiary alicyclic amines) is 1. The lowest BCUT2D eigenvalue weighted by molar-refractivity contribution is -0.129. The molecular formula is C28H29F2N3O2. The Kier molecular flexibility index (Phi) is 6.38. The van der Waals surface area contributed by atoms with Crippen molar-refractivity contribution in [2.24, 2.45) is 0 Å². The first kappa shape index (κ1) is 23.6. The van der Waals surface area contributed by atoms with Crippen LogP contribution in [0.25, 0.3) is 0 Å². The van der Waals surface area contributed by atoms with E-state index in [0.717, 1.165) is 55.7 Å². The lowest BCUT2D eigenvalue weighted by Gasteiger charge is -2.39. The molecule has 3 heterocycles. The number of rotatable bonds is 5. The van der Waals surface area contributed by atoms with Gasteiger partial charge in [-0.25, -0.2) is 8.78 Å². The topological polar surface area (TPSA) is 45.7 Å². The Morgan fingerprint density at radius 1 is 1.09 bits per heavy atom. The standard InChI is InChI=1S/C28H29F2N3O2/c1-19(34)32(2)27(22-7-8-25(29)26(30)15-22)21-5-3-20(4-6-21)17-33-13-10-28(11-14-33)24-16-31-12-9-23(24)18-35-28/h3-9,12,15-16,27H,10-11,13-14,17-18H2,1-2H3. The molecule has 182 valence electrons. The molecule has 5 nitrogen and oxygen atoms in total. The van der Waals surface area contributed by atoms with Gasteiger partial charge in [0.15, 0.2) is 11.6 Å². The molecule has 0 radical (unpaired) electrons. The number of hydrogen-bond donors (Lipinski definition) is 0. The van der Waals surface area contributed by atoms with E-state index in [2.05, 4.69) is 16.0 Å². The maximum Gasteiger partial charge on any atom is 0.219 e. The Labute approximate surface area is 204 Å². The van der Waals surface area contributed by atoms with Gasteiger partial charge in [0.1, 0.15) is 0 Å². The fraction of sp³-hybridized carbons (Fsp3) is 0.357. The van der Waals surface area contributed by atoms with Crippen LogP contribution >= 0.6 is 0 Å². The summed E-state index contributed by atoms with van der Waals surface area (Å²) in [5.74, 6) is -1.98. The average Bonchev–Trinajstić information content (AvgIpc) is 3.22. The number of amides is 1. The van der Waals surface area contributed by atoms with E-state index in [0.29, 0.717) is 12.2 Å². The molecule has 1 atom stereocenters. The van der Waals surface area contributed by atoms with Crippen LogP contribution in [0.15, 0.2) is 60.9 Å². The number of piperidine rings is 1. The molecule has 0 saturated carbocycles. The molecule has 2 aliphatic heterocycles. The molecule has 0 aliphatic carbocycles. The molecule has 1 saturated heterocycles. The minimum atomic E-state index is -0.923. The first-order valence-electron chi connectivity index (χ1n) is 11.9. The number of halogens is 2. The third-order valence-corrected chi connectivity index (χ3v) is 7.41. The second-order valence-electron chi connectivity index (χ2n) is 9.54. The van der Waals surface area contributed by atoms with E-state index < -0.39 is 17.7 Å². The number of fused-ring (bicyclic) bond motifs is 2. The van der Waals surface area contributed by atoms with Crippen molar-refractivity contribution < 1.29 is 18.3 Å². The molecule has 3 aromatic rings. The highest BCUT2D eigenvalue weighted by Gasteiger charge is 2.42. The number of carbonyl (C=O) groups excluding carboxylic acids is 1. The van der Waals surface area contributed by atoms with Gasteiger partial charge in [0.05, 0.1) is 18.2 Å². The van der Waals surface area contributed by atoms with E-state index in [1.165, 1.54) is 24.1 Å². The zero-order valence-electron chi connectivity index (χ0n) is 20.0. The molecule has 7 heteroatoms. The van der Waals surface area contributed by atoms with Gasteiger partial charge in [-0.2, -0.15) is 0 Å². The second-order valence-corrected chi connectivity index (χ2v) is 9.54. The smallest absolute Gasteiger partial charge is 0.219 e. The Balaban J connectivity index is 1.28. The van der Waals surface area contributed by atoms with Gasteiger partial charge in [0.25, 0.3) is 0 Å². The Hall–Kier alpha value is -3.16. The Bertz CT molecular complexity index is 1220. The van der Waals surface area contributed by atoms with Crippen LogP contribution in [-0.4, -0.2) is 40.8 Å². The molecule has 1 amide bonds. The van der Waals surface area contributed by atoms with Crippen molar-refractivity contribution >= 4 is 5.91 Å². The molecule has 35 heavy (non-hydrogen) atoms. The van der Waals surface area contributed by atoms with Gasteiger partial charge in [0.2, 0.25) is 5.91 Å². The highest BCUT2D eigenvalue weighted by Crippen LogP contribution is 2.43. The number of ether oxygens (including phenoxy) is 1. The zero-order chi connectivity index (χ0) is 24.6. The van der Waals surface area contributed by atoms with Gasteiger partial charge in [0, 0.05) is 51.6 Å². The summed E-state index contributed by atoms with van der Waals surface area (Å²) in [6, 6.07) is 13.4. The van der Waals surface area contributed by atoms with Crippen LogP contribution in [0.2, 0.25) is 0 Å². The fourth-order valence-corrected chi connectivity index (χ4v) is 5.31. The zero-order valence-corrected chi connectivity index (χ0v) is 20.0. The predicted molar refractivity (Wildman–Crippen MR) is 128 cm³/mol. The summed E-state index contributed by atoms with van der Waals surface area (Å²) in [4.78, 5) is 20.4. The number of hydrogen-bond acceptors (Lipinski definition) is 4. The largest absolute Gasteiger partial charge is 0.365 e. The molecular weight excluding hydrogens is 448 g/mol. The molecule has 0 bridgehead atoms. The summed E-state index contributed by atoms with van der Waals surface area (Å²) in [6.45, 7) is 4.80. The molecule has 1 fully saturated rings. The molecule has 2 aromatic carbocycles. The predicted octanol–water partition coefficient (Wildman–Crippen LogP) is 4.95. The molecule has 5 rings (SSSR count). The van der Waals surface area contributed by atoms with Crippen molar-refractivity contribution in [2.45, 2.75) is 44.6 Å². The van der Waals surface area contributed by atoms with Gasteiger partial charge in [-0.3, -0.25) is 14.7 Å². The van der Waals surface area contributed by atoms with Crippen molar-refractivity contribution in [1.29, 1.82) is 0 Å². The van der Waals surface area contributed by atoms with Crippen molar-refractivity contribution in [2.75, 3.05) is 20.1 Å². The van der Waals surface area contributed by atoms with Crippen LogP contribution < -0.4 is 0 Å². The minimum absolute atomic E-state index is 0.156. The van der Waals surface area contributed by atoms with E-state index in [9.17, 15) is 13.6 Å². The van der Waals surface area contributed by atoms with E-state index in [1.807, 2.05) is 36.7 Å². The van der Waals surface area contributed by atoms with Crippen LogP contribution in [0.4, 0.5) is 8.78 Å². The SMILES string of the molecule is CC(=O)N(C)C(c1ccc(CN2CCC3(CC2)OCc2ccncc23)cc1)c1ccc(F)c(F)c1. The van der Waals surface area contributed by atoms with Gasteiger partial charge in [-0.1, -0.05) is 30.3 Å². The monoisotopic (exact) mass is 477 g/mol. The third kappa shape index (κ3) is 4.58. The molecule has 1 unspecified atom stereocenters. The Morgan fingerprint density at radius 3 is 2.49 bits per heavy atom. The summed E-state index contributed by atoms with van der Waals surface area (Å²) in [7, 11) is 1.67. The number of pyridine rings is 1. The lowest BCUT2D eigenvalue weighted by Crippen LogP contribution is -2.42.